The Kier molecular flexibility index (Phi) is 2.29. The molecule has 5 atom stereocenters. The number of amides is 3. The lowest BCUT2D eigenvalue weighted by Crippen LogP contribution is -2.52. The van der Waals surface area contributed by atoms with Crippen LogP contribution in [0, 0.1) is 29.6 Å². The summed E-state index contributed by atoms with van der Waals surface area (Å²) < 4.78 is 0. The highest BCUT2D eigenvalue weighted by Gasteiger charge is 2.67. The minimum absolute atomic E-state index is 0.0427. The molecule has 19 heavy (non-hydrogen) atoms. The highest BCUT2D eigenvalue weighted by atomic mass is 16.2. The van der Waals surface area contributed by atoms with Gasteiger partial charge >= 0.3 is 0 Å². The third kappa shape index (κ3) is 1.63. The van der Waals surface area contributed by atoms with E-state index in [-0.39, 0.29) is 23.6 Å². The van der Waals surface area contributed by atoms with Gasteiger partial charge in [-0.3, -0.25) is 19.7 Å². The molecule has 1 heterocycles. The Hall–Kier alpha value is -1.39. The van der Waals surface area contributed by atoms with Gasteiger partial charge in [0.25, 0.3) is 0 Å². The Bertz CT molecular complexity index is 459. The Morgan fingerprint density at radius 3 is 2.42 bits per heavy atom. The van der Waals surface area contributed by atoms with Crippen LogP contribution in [0.1, 0.15) is 32.1 Å². The zero-order valence-corrected chi connectivity index (χ0v) is 10.7. The van der Waals surface area contributed by atoms with Crippen molar-refractivity contribution in [3.63, 3.8) is 0 Å². The molecule has 0 aromatic rings. The number of fused-ring (bicyclic) bond motifs is 5. The summed E-state index contributed by atoms with van der Waals surface area (Å²) in [5.74, 6) is 2.30. The summed E-state index contributed by atoms with van der Waals surface area (Å²) in [4.78, 5) is 34.9. The minimum atomic E-state index is -0.510. The minimum Gasteiger partial charge on any atom is -0.344 e. The van der Waals surface area contributed by atoms with Gasteiger partial charge < -0.3 is 5.32 Å². The van der Waals surface area contributed by atoms with E-state index in [0.717, 1.165) is 11.8 Å². The highest BCUT2D eigenvalue weighted by molar-refractivity contribution is 6.02. The third-order valence-corrected chi connectivity index (χ3v) is 5.59. The normalized spacial score (nSPS) is 46.7. The van der Waals surface area contributed by atoms with Gasteiger partial charge in [-0.25, -0.2) is 0 Å². The Labute approximate surface area is 111 Å². The first-order chi connectivity index (χ1) is 9.15. The van der Waals surface area contributed by atoms with Gasteiger partial charge in [-0.05, 0) is 49.4 Å². The van der Waals surface area contributed by atoms with Crippen LogP contribution in [0.5, 0.6) is 0 Å². The molecule has 3 saturated carbocycles. The summed E-state index contributed by atoms with van der Waals surface area (Å²) in [6, 6.07) is -0.510. The van der Waals surface area contributed by atoms with E-state index in [9.17, 15) is 14.4 Å². The molecule has 0 spiro atoms. The van der Waals surface area contributed by atoms with E-state index < -0.39 is 6.04 Å². The Morgan fingerprint density at radius 2 is 1.79 bits per heavy atom. The van der Waals surface area contributed by atoms with Crippen molar-refractivity contribution in [1.29, 1.82) is 0 Å². The van der Waals surface area contributed by atoms with E-state index in [1.54, 1.807) is 0 Å². The maximum atomic E-state index is 12.3. The molecule has 2 bridgehead atoms. The Morgan fingerprint density at radius 1 is 1.11 bits per heavy atom. The van der Waals surface area contributed by atoms with Crippen LogP contribution in [0.25, 0.3) is 0 Å². The summed E-state index contributed by atoms with van der Waals surface area (Å²) in [5.41, 5.74) is 0. The number of imide groups is 1. The molecule has 5 unspecified atom stereocenters. The van der Waals surface area contributed by atoms with Gasteiger partial charge in [0.05, 0.1) is 0 Å². The first kappa shape index (κ1) is 11.4. The monoisotopic (exact) mass is 262 g/mol. The van der Waals surface area contributed by atoms with Gasteiger partial charge in [0.2, 0.25) is 17.7 Å². The number of carbonyl (C=O) groups excluding carboxylic acids is 3. The second-order valence-corrected chi connectivity index (χ2v) is 6.53. The van der Waals surface area contributed by atoms with Gasteiger partial charge in [-0.1, -0.05) is 0 Å². The summed E-state index contributed by atoms with van der Waals surface area (Å²) in [6.07, 6.45) is 4.64. The lowest BCUT2D eigenvalue weighted by molar-refractivity contribution is -0.137. The van der Waals surface area contributed by atoms with E-state index in [2.05, 4.69) is 10.6 Å². The van der Waals surface area contributed by atoms with Gasteiger partial charge in [-0.15, -0.1) is 0 Å². The van der Waals surface area contributed by atoms with Crippen molar-refractivity contribution in [2.45, 2.75) is 38.1 Å². The lowest BCUT2D eigenvalue weighted by atomic mass is 10.0. The number of nitrogens with one attached hydrogen (secondary N) is 2. The van der Waals surface area contributed by atoms with Crippen LogP contribution in [-0.2, 0) is 14.4 Å². The summed E-state index contributed by atoms with van der Waals surface area (Å²) in [7, 11) is 0. The van der Waals surface area contributed by atoms with Crippen molar-refractivity contribution >= 4 is 17.7 Å². The maximum absolute atomic E-state index is 12.3. The topological polar surface area (TPSA) is 75.3 Å². The molecule has 1 saturated heterocycles. The molecule has 3 aliphatic carbocycles. The predicted octanol–water partition coefficient (Wildman–Crippen LogP) is 0.200. The summed E-state index contributed by atoms with van der Waals surface area (Å²) >= 11 is 0. The van der Waals surface area contributed by atoms with Crippen molar-refractivity contribution in [3.05, 3.63) is 0 Å². The fraction of sp³-hybridized carbons (Fsp3) is 0.786. The summed E-state index contributed by atoms with van der Waals surface area (Å²) in [6.45, 7) is 0. The van der Waals surface area contributed by atoms with Crippen molar-refractivity contribution in [3.8, 4) is 0 Å². The van der Waals surface area contributed by atoms with Crippen LogP contribution in [0.3, 0.4) is 0 Å². The molecule has 4 rings (SSSR count). The average molecular weight is 262 g/mol. The average Bonchev–Trinajstić information content (AvgIpc) is 2.82. The molecule has 4 aliphatic rings. The molecule has 2 N–H and O–H groups in total. The molecule has 3 amide bonds. The summed E-state index contributed by atoms with van der Waals surface area (Å²) in [5, 5.41) is 5.13. The molecule has 0 aromatic carbocycles. The predicted molar refractivity (Wildman–Crippen MR) is 65.6 cm³/mol. The van der Waals surface area contributed by atoms with E-state index in [1.165, 1.54) is 19.3 Å². The number of hydrogen-bond donors (Lipinski definition) is 2. The second kappa shape index (κ2) is 3.81. The van der Waals surface area contributed by atoms with Crippen molar-refractivity contribution in [1.82, 2.24) is 10.6 Å². The standard InChI is InChI=1S/C14H18N2O3/c17-9-4-3-8(13(18)16-9)15-14(19)12-10-6-1-2-7(5-6)11(10)12/h6-8,10-12H,1-5H2,(H,15,19)(H,16,17,18). The van der Waals surface area contributed by atoms with E-state index in [4.69, 9.17) is 0 Å². The zero-order valence-electron chi connectivity index (χ0n) is 10.7. The molecular weight excluding hydrogens is 244 g/mol. The van der Waals surface area contributed by atoms with Crippen molar-refractivity contribution in [2.75, 3.05) is 0 Å². The smallest absolute Gasteiger partial charge is 0.249 e. The Balaban J connectivity index is 1.38. The quantitative estimate of drug-likeness (QED) is 0.698. The molecule has 4 fully saturated rings. The first-order valence-electron chi connectivity index (χ1n) is 7.29. The van der Waals surface area contributed by atoms with Crippen LogP contribution in [0.15, 0.2) is 0 Å². The van der Waals surface area contributed by atoms with Crippen LogP contribution in [0.4, 0.5) is 0 Å². The largest absolute Gasteiger partial charge is 0.344 e. The molecule has 5 nitrogen and oxygen atoms in total. The van der Waals surface area contributed by atoms with Crippen LogP contribution in [-0.4, -0.2) is 23.8 Å². The fourth-order valence-corrected chi connectivity index (χ4v) is 4.77. The van der Waals surface area contributed by atoms with Gasteiger partial charge in [0, 0.05) is 12.3 Å². The highest BCUT2D eigenvalue weighted by Crippen LogP contribution is 2.69. The molecular formula is C14H18N2O3. The van der Waals surface area contributed by atoms with E-state index in [1.807, 2.05) is 0 Å². The van der Waals surface area contributed by atoms with Crippen molar-refractivity contribution < 1.29 is 14.4 Å². The zero-order chi connectivity index (χ0) is 13.1. The lowest BCUT2D eigenvalue weighted by Gasteiger charge is -2.22. The van der Waals surface area contributed by atoms with E-state index in [0.29, 0.717) is 24.7 Å². The van der Waals surface area contributed by atoms with Gasteiger partial charge in [0.15, 0.2) is 0 Å². The van der Waals surface area contributed by atoms with Crippen LogP contribution >= 0.6 is 0 Å². The van der Waals surface area contributed by atoms with Crippen molar-refractivity contribution in [2.24, 2.45) is 29.6 Å². The number of rotatable bonds is 2. The fourth-order valence-electron chi connectivity index (χ4n) is 4.77. The van der Waals surface area contributed by atoms with Gasteiger partial charge in [-0.2, -0.15) is 0 Å². The molecule has 5 heteroatoms. The van der Waals surface area contributed by atoms with E-state index >= 15 is 0 Å². The molecule has 0 aromatic heterocycles. The van der Waals surface area contributed by atoms with Crippen LogP contribution in [0.2, 0.25) is 0 Å². The molecule has 1 aliphatic heterocycles. The number of carbonyl (C=O) groups is 3. The molecule has 102 valence electrons. The van der Waals surface area contributed by atoms with Crippen LogP contribution < -0.4 is 10.6 Å². The maximum Gasteiger partial charge on any atom is 0.249 e. The molecule has 0 radical (unpaired) electrons. The first-order valence-corrected chi connectivity index (χ1v) is 7.29. The number of piperidine rings is 1. The second-order valence-electron chi connectivity index (χ2n) is 6.53. The third-order valence-electron chi connectivity index (χ3n) is 5.59. The van der Waals surface area contributed by atoms with Gasteiger partial charge in [0.1, 0.15) is 6.04 Å². The SMILES string of the molecule is O=C1CCC(NC(=O)C2C3C4CCC(C4)C23)C(=O)N1. The number of hydrogen-bond acceptors (Lipinski definition) is 3.